The lowest BCUT2D eigenvalue weighted by Gasteiger charge is -2.61. The number of dihydropyridines is 1. The van der Waals surface area contributed by atoms with Crippen LogP contribution >= 0.6 is 0 Å². The van der Waals surface area contributed by atoms with Crippen molar-refractivity contribution in [1.82, 2.24) is 5.32 Å². The zero-order valence-corrected chi connectivity index (χ0v) is 19.7. The Hall–Kier alpha value is -3.34. The van der Waals surface area contributed by atoms with Gasteiger partial charge in [0.15, 0.2) is 0 Å². The largest absolute Gasteiger partial charge is 0.490 e. The van der Waals surface area contributed by atoms with Crippen LogP contribution < -0.4 is 21.1 Å². The number of alkyl halides is 2. The van der Waals surface area contributed by atoms with Gasteiger partial charge >= 0.3 is 0 Å². The maximum Gasteiger partial charge on any atom is 0.283 e. The molecule has 0 bridgehead atoms. The van der Waals surface area contributed by atoms with Crippen molar-refractivity contribution in [3.05, 3.63) is 47.4 Å². The van der Waals surface area contributed by atoms with E-state index < -0.39 is 35.6 Å². The number of nitrogens with one attached hydrogen (secondary N) is 2. The van der Waals surface area contributed by atoms with E-state index in [9.17, 15) is 13.6 Å². The smallest absolute Gasteiger partial charge is 0.283 e. The normalized spacial score (nSPS) is 27.5. The Kier molecular flexibility index (Phi) is 5.42. The number of nitrogens with zero attached hydrogens (tertiary/aromatic N) is 1. The van der Waals surface area contributed by atoms with Crippen LogP contribution in [0.5, 0.6) is 5.75 Å². The van der Waals surface area contributed by atoms with Gasteiger partial charge in [-0.15, -0.1) is 0 Å². The van der Waals surface area contributed by atoms with Crippen molar-refractivity contribution in [1.29, 1.82) is 0 Å². The minimum Gasteiger partial charge on any atom is -0.490 e. The molecule has 11 heteroatoms. The highest BCUT2D eigenvalue weighted by Gasteiger charge is 2.71. The molecule has 1 saturated heterocycles. The van der Waals surface area contributed by atoms with Crippen molar-refractivity contribution >= 4 is 17.6 Å². The van der Waals surface area contributed by atoms with Crippen molar-refractivity contribution in [2.24, 2.45) is 16.1 Å². The number of halogens is 2. The Balaban J connectivity index is 1.42. The maximum absolute atomic E-state index is 13.0. The van der Waals surface area contributed by atoms with Crippen LogP contribution in [0.2, 0.25) is 0 Å². The minimum absolute atomic E-state index is 0.108. The summed E-state index contributed by atoms with van der Waals surface area (Å²) in [6, 6.07) is 5.04. The van der Waals surface area contributed by atoms with Gasteiger partial charge in [-0.05, 0) is 51.1 Å². The standard InChI is InChI=1S/C24H28F2N4O5/c1-13-17(33-9-19(25)26)7-5-16(28-13)20(31)29-14-4-6-18-15(8-14)24(12-34-21(27)30-24)23(10-32-11-23)22(2,3)35-18/h4-8,13,19,28H,9-12H2,1-3H3,(H2,27,30)(H,29,31). The fraction of sp³-hybridized carbons (Fsp3) is 0.500. The monoisotopic (exact) mass is 490 g/mol. The van der Waals surface area contributed by atoms with E-state index in [1.165, 1.54) is 12.2 Å². The minimum atomic E-state index is -2.57. The highest BCUT2D eigenvalue weighted by Crippen LogP contribution is 2.62. The lowest BCUT2D eigenvalue weighted by atomic mass is 9.55. The molecule has 1 aromatic rings. The zero-order chi connectivity index (χ0) is 25.0. The van der Waals surface area contributed by atoms with Gasteiger partial charge in [0.2, 0.25) is 0 Å². The van der Waals surface area contributed by atoms with Crippen molar-refractivity contribution in [2.45, 2.75) is 44.4 Å². The number of ether oxygens (including phenoxy) is 4. The number of amides is 1. The Morgan fingerprint density at radius 3 is 2.69 bits per heavy atom. The Labute approximate surface area is 201 Å². The molecule has 188 valence electrons. The Bertz CT molecular complexity index is 1140. The molecule has 2 unspecified atom stereocenters. The highest BCUT2D eigenvalue weighted by atomic mass is 19.3. The number of anilines is 1. The second-order valence-corrected chi connectivity index (χ2v) is 9.67. The van der Waals surface area contributed by atoms with Gasteiger partial charge in [-0.2, -0.15) is 0 Å². The van der Waals surface area contributed by atoms with Crippen LogP contribution in [0.15, 0.2) is 46.8 Å². The number of benzene rings is 1. The molecule has 0 radical (unpaired) electrons. The van der Waals surface area contributed by atoms with E-state index in [1.807, 2.05) is 19.9 Å². The summed E-state index contributed by atoms with van der Waals surface area (Å²) in [6.07, 6.45) is 0.441. The fourth-order valence-electron chi connectivity index (χ4n) is 5.19. The number of aliphatic imine (C=N–C) groups is 1. The molecule has 4 aliphatic heterocycles. The second kappa shape index (κ2) is 8.11. The van der Waals surface area contributed by atoms with Crippen LogP contribution in [0.3, 0.4) is 0 Å². The molecule has 2 atom stereocenters. The summed E-state index contributed by atoms with van der Waals surface area (Å²) >= 11 is 0. The quantitative estimate of drug-likeness (QED) is 0.580. The molecule has 4 N–H and O–H groups in total. The van der Waals surface area contributed by atoms with Crippen LogP contribution in [-0.2, 0) is 24.5 Å². The van der Waals surface area contributed by atoms with Gasteiger partial charge in [0.1, 0.15) is 41.6 Å². The Morgan fingerprint density at radius 2 is 2.09 bits per heavy atom. The number of rotatable bonds is 5. The molecule has 35 heavy (non-hydrogen) atoms. The molecule has 9 nitrogen and oxygen atoms in total. The lowest BCUT2D eigenvalue weighted by Crippen LogP contribution is -2.71. The Morgan fingerprint density at radius 1 is 1.31 bits per heavy atom. The first-order valence-electron chi connectivity index (χ1n) is 11.4. The predicted molar refractivity (Wildman–Crippen MR) is 123 cm³/mol. The molecule has 2 spiro atoms. The van der Waals surface area contributed by atoms with Crippen molar-refractivity contribution in [3.63, 3.8) is 0 Å². The van der Waals surface area contributed by atoms with E-state index in [0.29, 0.717) is 30.4 Å². The van der Waals surface area contributed by atoms with Gasteiger partial charge in [-0.3, -0.25) is 4.79 Å². The molecule has 4 aliphatic rings. The molecule has 0 aliphatic carbocycles. The van der Waals surface area contributed by atoms with E-state index in [2.05, 4.69) is 10.6 Å². The summed E-state index contributed by atoms with van der Waals surface area (Å²) in [5.41, 5.74) is 5.65. The van der Waals surface area contributed by atoms with Gasteiger partial charge in [0.05, 0.1) is 24.7 Å². The summed E-state index contributed by atoms with van der Waals surface area (Å²) in [6.45, 7) is 6.16. The summed E-state index contributed by atoms with van der Waals surface area (Å²) in [4.78, 5) is 17.7. The average Bonchev–Trinajstić information content (AvgIpc) is 3.13. The van der Waals surface area contributed by atoms with Crippen molar-refractivity contribution in [2.75, 3.05) is 31.7 Å². The van der Waals surface area contributed by atoms with Crippen molar-refractivity contribution < 1.29 is 32.5 Å². The lowest BCUT2D eigenvalue weighted by molar-refractivity contribution is -0.247. The van der Waals surface area contributed by atoms with E-state index in [0.717, 1.165) is 5.56 Å². The molecule has 1 amide bonds. The predicted octanol–water partition coefficient (Wildman–Crippen LogP) is 2.39. The molecular formula is C24H28F2N4O5. The summed E-state index contributed by atoms with van der Waals surface area (Å²) < 4.78 is 47.6. The molecule has 1 fully saturated rings. The second-order valence-electron chi connectivity index (χ2n) is 9.67. The van der Waals surface area contributed by atoms with Gasteiger partial charge in [0.25, 0.3) is 18.4 Å². The number of amidine groups is 1. The number of fused-ring (bicyclic) bond motifs is 3. The molecule has 0 saturated carbocycles. The third-order valence-electron chi connectivity index (χ3n) is 7.25. The van der Waals surface area contributed by atoms with Crippen LogP contribution in [0, 0.1) is 5.41 Å². The third-order valence-corrected chi connectivity index (χ3v) is 7.25. The van der Waals surface area contributed by atoms with E-state index >= 15 is 0 Å². The number of allylic oxidation sites excluding steroid dienone is 2. The number of carbonyl (C=O) groups is 1. The third kappa shape index (κ3) is 3.60. The van der Waals surface area contributed by atoms with Crippen molar-refractivity contribution in [3.8, 4) is 5.75 Å². The first kappa shape index (κ1) is 23.4. The summed E-state index contributed by atoms with van der Waals surface area (Å²) in [7, 11) is 0. The van der Waals surface area contributed by atoms with E-state index in [1.54, 1.807) is 19.1 Å². The van der Waals surface area contributed by atoms with Gasteiger partial charge < -0.3 is 35.3 Å². The summed E-state index contributed by atoms with van der Waals surface area (Å²) in [5, 5.41) is 5.86. The van der Waals surface area contributed by atoms with Crippen LogP contribution in [0.1, 0.15) is 26.3 Å². The number of carbonyl (C=O) groups excluding carboxylic acids is 1. The van der Waals surface area contributed by atoms with Crippen LogP contribution in [0.25, 0.3) is 0 Å². The summed E-state index contributed by atoms with van der Waals surface area (Å²) in [5.74, 6) is 0.585. The fourth-order valence-corrected chi connectivity index (χ4v) is 5.19. The first-order chi connectivity index (χ1) is 16.6. The molecular weight excluding hydrogens is 462 g/mol. The SMILES string of the molecule is CC1NC(C(=O)Nc2ccc3c(c2)C2(COC(N)=N2)C2(COC2)C(C)(C)O3)=CC=C1OCC(F)F. The molecule has 1 aromatic carbocycles. The molecule has 5 rings (SSSR count). The topological polar surface area (TPSA) is 116 Å². The van der Waals surface area contributed by atoms with Gasteiger partial charge in [0, 0.05) is 11.3 Å². The zero-order valence-electron chi connectivity index (χ0n) is 19.7. The number of hydrogen-bond acceptors (Lipinski definition) is 8. The van der Waals surface area contributed by atoms with Gasteiger partial charge in [-0.1, -0.05) is 0 Å². The highest BCUT2D eigenvalue weighted by molar-refractivity contribution is 6.03. The average molecular weight is 491 g/mol. The van der Waals surface area contributed by atoms with E-state index in [4.69, 9.17) is 29.7 Å². The number of nitrogens with two attached hydrogens (primary N) is 1. The maximum atomic E-state index is 13.0. The number of hydrogen-bond donors (Lipinski definition) is 3. The van der Waals surface area contributed by atoms with Crippen LogP contribution in [0.4, 0.5) is 14.5 Å². The van der Waals surface area contributed by atoms with Crippen LogP contribution in [-0.4, -0.2) is 56.4 Å². The first-order valence-corrected chi connectivity index (χ1v) is 11.4. The molecule has 4 heterocycles. The van der Waals surface area contributed by atoms with Gasteiger partial charge in [-0.25, -0.2) is 13.8 Å². The van der Waals surface area contributed by atoms with E-state index in [-0.39, 0.29) is 24.2 Å². The molecule has 0 aromatic heterocycles.